The third-order valence-electron chi connectivity index (χ3n) is 2.21. The Morgan fingerprint density at radius 2 is 1.72 bits per heavy atom. The highest BCUT2D eigenvalue weighted by molar-refractivity contribution is 5.63. The molecule has 0 aliphatic heterocycles. The summed E-state index contributed by atoms with van der Waals surface area (Å²) in [5, 5.41) is 37.8. The summed E-state index contributed by atoms with van der Waals surface area (Å²) in [4.78, 5) is 0. The number of rotatable bonds is 2. The first-order valence-electron chi connectivity index (χ1n) is 4.88. The van der Waals surface area contributed by atoms with Crippen molar-refractivity contribution in [2.24, 2.45) is 0 Å². The molecule has 1 N–H and O–H groups in total. The topological polar surface area (TPSA) is 107 Å². The maximum atomic E-state index is 8.90. The fourth-order valence-corrected chi connectivity index (χ4v) is 1.24. The Labute approximate surface area is 104 Å². The number of hydrogen-bond donors (Lipinski definition) is 1. The lowest BCUT2D eigenvalue weighted by Gasteiger charge is -2.08. The van der Waals surface area contributed by atoms with Crippen molar-refractivity contribution in [3.8, 4) is 24.3 Å². The summed E-state index contributed by atoms with van der Waals surface area (Å²) in [7, 11) is 0. The van der Waals surface area contributed by atoms with Gasteiger partial charge in [-0.3, -0.25) is 0 Å². The van der Waals surface area contributed by atoms with Crippen molar-refractivity contribution in [3.05, 3.63) is 40.6 Å². The van der Waals surface area contributed by atoms with Gasteiger partial charge in [-0.25, -0.2) is 0 Å². The van der Waals surface area contributed by atoms with Gasteiger partial charge in [0.05, 0.1) is 11.6 Å². The first-order chi connectivity index (χ1) is 8.65. The van der Waals surface area contributed by atoms with E-state index in [1.807, 2.05) is 6.07 Å². The minimum absolute atomic E-state index is 0.127. The normalized spacial score (nSPS) is 8.06. The van der Waals surface area contributed by atoms with Gasteiger partial charge in [0.1, 0.15) is 23.9 Å². The molecule has 5 nitrogen and oxygen atoms in total. The first-order valence-corrected chi connectivity index (χ1v) is 4.88. The second-order valence-corrected chi connectivity index (χ2v) is 3.35. The molecule has 0 saturated carbocycles. The van der Waals surface area contributed by atoms with Crippen molar-refractivity contribution in [3.63, 3.8) is 0 Å². The summed E-state index contributed by atoms with van der Waals surface area (Å²) in [5.41, 5.74) is 1.33. The van der Waals surface area contributed by atoms with Crippen molar-refractivity contribution in [1.82, 2.24) is 0 Å². The maximum absolute atomic E-state index is 8.90. The monoisotopic (exact) mass is 233 g/mol. The van der Waals surface area contributed by atoms with E-state index in [9.17, 15) is 0 Å². The summed E-state index contributed by atoms with van der Waals surface area (Å²) in [6.07, 6.45) is 0. The summed E-state index contributed by atoms with van der Waals surface area (Å²) < 4.78 is 0. The highest BCUT2D eigenvalue weighted by Gasteiger charge is 2.08. The second kappa shape index (κ2) is 5.71. The summed E-state index contributed by atoms with van der Waals surface area (Å²) in [6.45, 7) is 1.79. The van der Waals surface area contributed by atoms with Gasteiger partial charge in [-0.05, 0) is 24.6 Å². The second-order valence-electron chi connectivity index (χ2n) is 3.35. The van der Waals surface area contributed by atoms with Crippen LogP contribution in [0.3, 0.4) is 0 Å². The van der Waals surface area contributed by atoms with Gasteiger partial charge in [0, 0.05) is 5.69 Å². The van der Waals surface area contributed by atoms with Crippen molar-refractivity contribution in [1.29, 1.82) is 21.0 Å². The number of aryl methyl sites for hydroxylation is 1. The molecular weight excluding hydrogens is 226 g/mol. The van der Waals surface area contributed by atoms with E-state index in [4.69, 9.17) is 21.0 Å². The molecule has 0 heterocycles. The van der Waals surface area contributed by atoms with Crippen LogP contribution >= 0.6 is 0 Å². The minimum atomic E-state index is -0.292. The molecule has 0 saturated heterocycles. The van der Waals surface area contributed by atoms with Crippen LogP contribution < -0.4 is 5.32 Å². The highest BCUT2D eigenvalue weighted by Crippen LogP contribution is 2.19. The van der Waals surface area contributed by atoms with E-state index in [1.54, 1.807) is 43.3 Å². The fourth-order valence-electron chi connectivity index (χ4n) is 1.24. The van der Waals surface area contributed by atoms with Gasteiger partial charge < -0.3 is 5.32 Å². The largest absolute Gasteiger partial charge is 0.345 e. The Kier molecular flexibility index (Phi) is 4.06. The summed E-state index contributed by atoms with van der Waals surface area (Å²) in [5.74, 6) is 0. The van der Waals surface area contributed by atoms with Crippen LogP contribution in [0.25, 0.3) is 0 Å². The van der Waals surface area contributed by atoms with Crippen LogP contribution in [0.1, 0.15) is 11.1 Å². The van der Waals surface area contributed by atoms with Crippen molar-refractivity contribution in [2.75, 3.05) is 5.32 Å². The van der Waals surface area contributed by atoms with E-state index in [2.05, 4.69) is 5.32 Å². The van der Waals surface area contributed by atoms with E-state index >= 15 is 0 Å². The van der Waals surface area contributed by atoms with Crippen LogP contribution in [0.2, 0.25) is 0 Å². The Morgan fingerprint density at radius 3 is 2.22 bits per heavy atom. The number of nitrogens with one attached hydrogen (secondary N) is 1. The van der Waals surface area contributed by atoms with Crippen LogP contribution in [0.4, 0.5) is 5.69 Å². The van der Waals surface area contributed by atoms with Gasteiger partial charge in [-0.15, -0.1) is 0 Å². The predicted octanol–water partition coefficient (Wildman–Crippen LogP) is 2.10. The number of benzene rings is 1. The predicted molar refractivity (Wildman–Crippen MR) is 63.4 cm³/mol. The van der Waals surface area contributed by atoms with Gasteiger partial charge >= 0.3 is 0 Å². The SMILES string of the molecule is Cc1ccc(C#N)cc1NC(C#N)=C(C#N)C#N. The lowest BCUT2D eigenvalue weighted by molar-refractivity contribution is 1.34. The summed E-state index contributed by atoms with van der Waals surface area (Å²) >= 11 is 0. The number of nitriles is 4. The van der Waals surface area contributed by atoms with E-state index in [0.29, 0.717) is 11.3 Å². The molecule has 1 aromatic rings. The van der Waals surface area contributed by atoms with Crippen LogP contribution in [0.5, 0.6) is 0 Å². The fraction of sp³-hybridized carbons (Fsp3) is 0.0769. The molecule has 0 bridgehead atoms. The molecule has 0 aliphatic carbocycles. The zero-order chi connectivity index (χ0) is 13.5. The van der Waals surface area contributed by atoms with Gasteiger partial charge in [-0.1, -0.05) is 6.07 Å². The number of nitrogens with zero attached hydrogens (tertiary/aromatic N) is 4. The van der Waals surface area contributed by atoms with Gasteiger partial charge in [0.15, 0.2) is 5.57 Å². The lowest BCUT2D eigenvalue weighted by Crippen LogP contribution is -2.02. The summed E-state index contributed by atoms with van der Waals surface area (Å²) in [6, 6.07) is 11.9. The van der Waals surface area contributed by atoms with Gasteiger partial charge in [0.25, 0.3) is 0 Å². The molecule has 0 atom stereocenters. The van der Waals surface area contributed by atoms with Crippen molar-refractivity contribution < 1.29 is 0 Å². The molecule has 18 heavy (non-hydrogen) atoms. The van der Waals surface area contributed by atoms with Crippen LogP contribution in [0, 0.1) is 52.2 Å². The number of allylic oxidation sites excluding steroid dienone is 2. The Hall–Kier alpha value is -3.28. The number of anilines is 1. The van der Waals surface area contributed by atoms with E-state index in [1.165, 1.54) is 0 Å². The van der Waals surface area contributed by atoms with E-state index < -0.39 is 0 Å². The zero-order valence-corrected chi connectivity index (χ0v) is 9.52. The lowest BCUT2D eigenvalue weighted by atomic mass is 10.1. The van der Waals surface area contributed by atoms with Gasteiger partial charge in [0.2, 0.25) is 0 Å². The molecule has 0 radical (unpaired) electrons. The standard InChI is InChI=1S/C13H7N5/c1-9-2-3-10(5-14)4-12(9)18-13(8-17)11(6-15)7-16/h2-4,18H,1H3. The number of hydrogen-bond acceptors (Lipinski definition) is 5. The molecule has 0 unspecified atom stereocenters. The zero-order valence-electron chi connectivity index (χ0n) is 9.52. The molecule has 0 amide bonds. The van der Waals surface area contributed by atoms with E-state index in [0.717, 1.165) is 5.56 Å². The molecule has 5 heteroatoms. The molecule has 0 aromatic heterocycles. The maximum Gasteiger partial charge on any atom is 0.163 e. The van der Waals surface area contributed by atoms with Crippen molar-refractivity contribution >= 4 is 5.69 Å². The molecule has 1 aromatic carbocycles. The average molecular weight is 233 g/mol. The molecule has 0 spiro atoms. The van der Waals surface area contributed by atoms with Crippen molar-refractivity contribution in [2.45, 2.75) is 6.92 Å². The Balaban J connectivity index is 3.25. The molecule has 0 aliphatic rings. The Morgan fingerprint density at radius 1 is 1.06 bits per heavy atom. The smallest absolute Gasteiger partial charge is 0.163 e. The molecule has 0 fully saturated rings. The molecule has 84 valence electrons. The van der Waals surface area contributed by atoms with E-state index in [-0.39, 0.29) is 11.3 Å². The Bertz CT molecular complexity index is 655. The third kappa shape index (κ3) is 2.64. The molecular formula is C13H7N5. The first kappa shape index (κ1) is 12.8. The molecule has 1 rings (SSSR count). The highest BCUT2D eigenvalue weighted by atomic mass is 14.9. The minimum Gasteiger partial charge on any atom is -0.345 e. The average Bonchev–Trinajstić information content (AvgIpc) is 2.40. The van der Waals surface area contributed by atoms with Crippen LogP contribution in [-0.4, -0.2) is 0 Å². The van der Waals surface area contributed by atoms with Crippen LogP contribution in [-0.2, 0) is 0 Å². The van der Waals surface area contributed by atoms with Crippen LogP contribution in [0.15, 0.2) is 29.5 Å². The van der Waals surface area contributed by atoms with Gasteiger partial charge in [-0.2, -0.15) is 21.0 Å². The quantitative estimate of drug-likeness (QED) is 0.787. The third-order valence-corrected chi connectivity index (χ3v) is 2.21.